The minimum absolute atomic E-state index is 0.0136. The van der Waals surface area contributed by atoms with Gasteiger partial charge >= 0.3 is 5.63 Å². The molecule has 0 radical (unpaired) electrons. The Morgan fingerprint density at radius 3 is 2.69 bits per heavy atom. The van der Waals surface area contributed by atoms with Crippen molar-refractivity contribution in [2.45, 2.75) is 26.5 Å². The van der Waals surface area contributed by atoms with Crippen molar-refractivity contribution in [3.63, 3.8) is 0 Å². The summed E-state index contributed by atoms with van der Waals surface area (Å²) in [5.41, 5.74) is 3.63. The molecule has 0 unspecified atom stereocenters. The molecule has 1 aliphatic heterocycles. The maximum absolute atomic E-state index is 11.9. The quantitative estimate of drug-likeness (QED) is 0.732. The maximum atomic E-state index is 11.9. The van der Waals surface area contributed by atoms with Gasteiger partial charge < -0.3 is 19.2 Å². The topological polar surface area (TPSA) is 65.3 Å². The molecule has 3 aromatic rings. The molecule has 1 atom stereocenters. The van der Waals surface area contributed by atoms with E-state index < -0.39 is 0 Å². The highest BCUT2D eigenvalue weighted by Crippen LogP contribution is 2.30. The molecule has 0 spiro atoms. The van der Waals surface area contributed by atoms with Crippen LogP contribution in [0.3, 0.4) is 0 Å². The molecule has 5 heteroatoms. The van der Waals surface area contributed by atoms with Gasteiger partial charge in [-0.15, -0.1) is 0 Å². The third-order valence-electron chi connectivity index (χ3n) is 4.81. The van der Waals surface area contributed by atoms with Gasteiger partial charge in [-0.3, -0.25) is 0 Å². The van der Waals surface area contributed by atoms with Gasteiger partial charge in [-0.25, -0.2) is 4.79 Å². The third-order valence-corrected chi connectivity index (χ3v) is 4.81. The first-order chi connectivity index (χ1) is 12.6. The van der Waals surface area contributed by atoms with Crippen LogP contribution in [0.2, 0.25) is 0 Å². The van der Waals surface area contributed by atoms with E-state index in [0.29, 0.717) is 18.7 Å². The molecule has 0 fully saturated rings. The van der Waals surface area contributed by atoms with Gasteiger partial charge in [0.25, 0.3) is 0 Å². The summed E-state index contributed by atoms with van der Waals surface area (Å²) in [6.45, 7) is 6.06. The first kappa shape index (κ1) is 16.7. The van der Waals surface area contributed by atoms with Crippen LogP contribution >= 0.6 is 0 Å². The molecule has 4 rings (SSSR count). The normalized spacial score (nSPS) is 16.0. The highest BCUT2D eigenvalue weighted by atomic mass is 16.6. The van der Waals surface area contributed by atoms with Crippen LogP contribution in [0.1, 0.15) is 16.7 Å². The Morgan fingerprint density at radius 1 is 1.08 bits per heavy atom. The summed E-state index contributed by atoms with van der Waals surface area (Å²) in [6, 6.07) is 13.3. The molecule has 5 nitrogen and oxygen atoms in total. The molecule has 134 valence electrons. The van der Waals surface area contributed by atoms with Crippen LogP contribution in [0.5, 0.6) is 11.5 Å². The predicted octanol–water partition coefficient (Wildman–Crippen LogP) is 2.31. The smallest absolute Gasteiger partial charge is 0.336 e. The summed E-state index contributed by atoms with van der Waals surface area (Å²) < 4.78 is 17.1. The van der Waals surface area contributed by atoms with E-state index >= 15 is 0 Å². The van der Waals surface area contributed by atoms with Gasteiger partial charge in [0.05, 0.1) is 0 Å². The van der Waals surface area contributed by atoms with E-state index in [-0.39, 0.29) is 11.7 Å². The van der Waals surface area contributed by atoms with Gasteiger partial charge in [-0.2, -0.15) is 0 Å². The van der Waals surface area contributed by atoms with Crippen LogP contribution < -0.4 is 20.4 Å². The first-order valence-corrected chi connectivity index (χ1v) is 8.84. The van der Waals surface area contributed by atoms with Gasteiger partial charge in [-0.05, 0) is 49.2 Å². The Labute approximate surface area is 151 Å². The zero-order chi connectivity index (χ0) is 18.1. The summed E-state index contributed by atoms with van der Waals surface area (Å²) in [7, 11) is 0. The zero-order valence-corrected chi connectivity index (χ0v) is 15.0. The molecule has 2 N–H and O–H groups in total. The van der Waals surface area contributed by atoms with Crippen molar-refractivity contribution in [3.05, 3.63) is 69.6 Å². The van der Waals surface area contributed by atoms with Crippen LogP contribution in [-0.2, 0) is 6.54 Å². The Balaban J connectivity index is 1.47. The van der Waals surface area contributed by atoms with Gasteiger partial charge in [0, 0.05) is 17.0 Å². The number of aryl methyl sites for hydroxylation is 2. The molecule has 0 amide bonds. The van der Waals surface area contributed by atoms with Crippen molar-refractivity contribution < 1.29 is 19.2 Å². The number of hydrogen-bond acceptors (Lipinski definition) is 4. The highest BCUT2D eigenvalue weighted by molar-refractivity contribution is 5.81. The van der Waals surface area contributed by atoms with E-state index in [9.17, 15) is 4.79 Å². The lowest BCUT2D eigenvalue weighted by molar-refractivity contribution is -0.675. The van der Waals surface area contributed by atoms with Gasteiger partial charge in [0.2, 0.25) is 0 Å². The minimum atomic E-state index is -0.310. The predicted molar refractivity (Wildman–Crippen MR) is 98.8 cm³/mol. The molecular weight excluding hydrogens is 330 g/mol. The number of quaternary nitrogens is 1. The number of hydrogen-bond donors (Lipinski definition) is 1. The second kappa shape index (κ2) is 6.84. The Bertz CT molecular complexity index is 1010. The zero-order valence-electron chi connectivity index (χ0n) is 15.0. The number of ether oxygens (including phenoxy) is 2. The van der Waals surface area contributed by atoms with Gasteiger partial charge in [0.15, 0.2) is 17.6 Å². The number of para-hydroxylation sites is 2. The largest absolute Gasteiger partial charge is 0.486 e. The summed E-state index contributed by atoms with van der Waals surface area (Å²) in [5, 5.41) is 3.14. The molecule has 0 saturated heterocycles. The summed E-state index contributed by atoms with van der Waals surface area (Å²) in [4.78, 5) is 11.9. The highest BCUT2D eigenvalue weighted by Gasteiger charge is 2.22. The summed E-state index contributed by atoms with van der Waals surface area (Å²) >= 11 is 0. The fourth-order valence-electron chi connectivity index (χ4n) is 3.26. The molecule has 1 aliphatic rings. The number of rotatable bonds is 4. The summed E-state index contributed by atoms with van der Waals surface area (Å²) in [6.07, 6.45) is -0.0136. The maximum Gasteiger partial charge on any atom is 0.336 e. The van der Waals surface area contributed by atoms with E-state index in [2.05, 4.69) is 18.3 Å². The second-order valence-electron chi connectivity index (χ2n) is 6.75. The fraction of sp³-hybridized carbons (Fsp3) is 0.286. The Hall–Kier alpha value is -2.79. The monoisotopic (exact) mass is 352 g/mol. The van der Waals surface area contributed by atoms with Gasteiger partial charge in [-0.1, -0.05) is 12.1 Å². The molecule has 1 aromatic heterocycles. The third kappa shape index (κ3) is 3.30. The van der Waals surface area contributed by atoms with E-state index in [4.69, 9.17) is 13.9 Å². The first-order valence-electron chi connectivity index (χ1n) is 8.84. The number of nitrogens with two attached hydrogens (primary N) is 1. The van der Waals surface area contributed by atoms with Crippen molar-refractivity contribution in [2.75, 3.05) is 13.2 Å². The minimum Gasteiger partial charge on any atom is -0.486 e. The average Bonchev–Trinajstić information content (AvgIpc) is 2.63. The van der Waals surface area contributed by atoms with Crippen LogP contribution in [0.25, 0.3) is 11.0 Å². The Kier molecular flexibility index (Phi) is 4.39. The van der Waals surface area contributed by atoms with Crippen LogP contribution in [0, 0.1) is 13.8 Å². The van der Waals surface area contributed by atoms with Crippen molar-refractivity contribution in [1.29, 1.82) is 0 Å². The molecule has 0 bridgehead atoms. The number of benzene rings is 2. The molecule has 0 aliphatic carbocycles. The SMILES string of the molecule is Cc1cc2oc(=O)cc(C[NH2+]C[C@H]3COc4ccccc4O3)c2cc1C. The van der Waals surface area contributed by atoms with E-state index in [0.717, 1.165) is 34.6 Å². The average molecular weight is 352 g/mol. The van der Waals surface area contributed by atoms with E-state index in [1.807, 2.05) is 37.3 Å². The van der Waals surface area contributed by atoms with Crippen molar-refractivity contribution in [2.24, 2.45) is 0 Å². The van der Waals surface area contributed by atoms with Crippen molar-refractivity contribution >= 4 is 11.0 Å². The van der Waals surface area contributed by atoms with Crippen LogP contribution in [0.15, 0.2) is 51.7 Å². The van der Waals surface area contributed by atoms with E-state index in [1.165, 1.54) is 5.56 Å². The van der Waals surface area contributed by atoms with Crippen molar-refractivity contribution in [3.8, 4) is 11.5 Å². The van der Waals surface area contributed by atoms with Gasteiger partial charge in [0.1, 0.15) is 25.3 Å². The van der Waals surface area contributed by atoms with Crippen LogP contribution in [0.4, 0.5) is 0 Å². The lowest BCUT2D eigenvalue weighted by Gasteiger charge is -2.25. The Morgan fingerprint density at radius 2 is 1.85 bits per heavy atom. The molecule has 26 heavy (non-hydrogen) atoms. The fourth-order valence-corrected chi connectivity index (χ4v) is 3.26. The van der Waals surface area contributed by atoms with E-state index in [1.54, 1.807) is 6.07 Å². The molecule has 0 saturated carbocycles. The second-order valence-corrected chi connectivity index (χ2v) is 6.75. The molecule has 2 aromatic carbocycles. The summed E-state index contributed by atoms with van der Waals surface area (Å²) in [5.74, 6) is 1.58. The lowest BCUT2D eigenvalue weighted by atomic mass is 10.0. The number of fused-ring (bicyclic) bond motifs is 2. The standard InChI is InChI=1S/C21H21NO4/c1-13-7-17-15(9-21(23)26-20(17)8-14(13)2)10-22-11-16-12-24-18-5-3-4-6-19(18)25-16/h3-9,16,22H,10-12H2,1-2H3/p+1/t16-/m0/s1. The lowest BCUT2D eigenvalue weighted by Crippen LogP contribution is -2.85. The molecule has 2 heterocycles. The van der Waals surface area contributed by atoms with Crippen LogP contribution in [-0.4, -0.2) is 19.3 Å². The van der Waals surface area contributed by atoms with Crippen molar-refractivity contribution in [1.82, 2.24) is 0 Å². The molecular formula is C21H22NO4+.